The van der Waals surface area contributed by atoms with E-state index in [-0.39, 0.29) is 41.3 Å². The number of aliphatic hydroxyl groups is 7. The number of phenols is 4. The third-order valence-electron chi connectivity index (χ3n) is 22.7. The van der Waals surface area contributed by atoms with Crippen molar-refractivity contribution in [2.45, 2.75) is 181 Å². The summed E-state index contributed by atoms with van der Waals surface area (Å²) in [5.41, 5.74) is -2.59. The van der Waals surface area contributed by atoms with Gasteiger partial charge in [-0.2, -0.15) is 0 Å². The van der Waals surface area contributed by atoms with Crippen LogP contribution < -0.4 is 71.5 Å². The zero-order valence-electron chi connectivity index (χ0n) is 70.0. The highest BCUT2D eigenvalue weighted by molar-refractivity contribution is 6.33. The van der Waals surface area contributed by atoms with Gasteiger partial charge in [0, 0.05) is 48.2 Å². The molecule has 0 radical (unpaired) electrons. The highest BCUT2D eigenvalue weighted by Crippen LogP contribution is 2.51. The number of esters is 1. The molecule has 8 heterocycles. The van der Waals surface area contributed by atoms with E-state index < -0.39 is 271 Å². The number of aliphatic hydroxyl groups excluding tert-OH is 7. The lowest BCUT2D eigenvalue weighted by molar-refractivity contribution is -0.277. The van der Waals surface area contributed by atoms with Crippen LogP contribution in [0.3, 0.4) is 0 Å². The molecule has 8 aliphatic heterocycles. The molecule has 17 bridgehead atoms. The lowest BCUT2D eigenvalue weighted by atomic mass is 9.89. The average molecular weight is 1820 g/mol. The number of hydrogen-bond donors (Lipinski definition) is 20. The molecular formula is C88H100Cl2N10O28. The molecule has 7 aromatic rings. The summed E-state index contributed by atoms with van der Waals surface area (Å²) in [5.74, 6) is -16.6. The molecule has 7 aromatic carbocycles. The summed E-state index contributed by atoms with van der Waals surface area (Å²) in [6, 6.07) is 6.05. The van der Waals surface area contributed by atoms with E-state index in [0.717, 1.165) is 99.5 Å². The van der Waals surface area contributed by atoms with Crippen molar-refractivity contribution in [3.63, 3.8) is 0 Å². The third kappa shape index (κ3) is 20.9. The SMILES string of the molecule is CN[C@@H]1C(=O)N[C@@H]2Cc3ccc(cc3)Oc3cc4cc(c3O[C@@H]3O[C@H](C(=O)OC)[C@@H](O)[C@H](O)[C@H]3NC(=O)CCCCCCCC(C)C)Oc3ccc(cc3Cl)[C@@H](O)[C@@H]3NC(=O)[C@H](NC(=O)[C@@H]4NC(=O)[C@@H](NC2=O)c2cc(cc(O)c2Cl)Oc2cc1ccc2O)c1ccc(O)c(c1)-c1c(O[C@H]2O[C@H](CO)[C@@H](O)[C@H](O)[C@@H]2O)cc(O)cc1[C@@H](C(=O)NCCCN(C)C)NC3=O. The summed E-state index contributed by atoms with van der Waals surface area (Å²) in [5, 5.41) is 151. The Labute approximate surface area is 742 Å². The minimum Gasteiger partial charge on any atom is -0.508 e. The molecule has 0 aliphatic carbocycles. The number of amides is 8. The molecule has 15 rings (SSSR count). The van der Waals surface area contributed by atoms with Crippen molar-refractivity contribution in [1.29, 1.82) is 0 Å². The maximum absolute atomic E-state index is 16.9. The van der Waals surface area contributed by atoms with E-state index in [1.54, 1.807) is 14.1 Å². The smallest absolute Gasteiger partial charge is 0.337 e. The van der Waals surface area contributed by atoms with Crippen LogP contribution in [-0.4, -0.2) is 236 Å². The minimum atomic E-state index is -2.44. The zero-order valence-corrected chi connectivity index (χ0v) is 71.5. The van der Waals surface area contributed by atoms with Gasteiger partial charge in [-0.1, -0.05) is 99.5 Å². The number of fused-ring (bicyclic) bond motifs is 14. The van der Waals surface area contributed by atoms with Crippen molar-refractivity contribution in [2.75, 3.05) is 47.9 Å². The van der Waals surface area contributed by atoms with Crippen molar-refractivity contribution in [1.82, 2.24) is 52.8 Å². The molecule has 20 N–H and O–H groups in total. The number of aromatic hydroxyl groups is 4. The summed E-state index contributed by atoms with van der Waals surface area (Å²) in [6.45, 7) is 3.59. The van der Waals surface area contributed by atoms with Gasteiger partial charge in [0.15, 0.2) is 29.1 Å². The van der Waals surface area contributed by atoms with E-state index >= 15 is 28.8 Å². The van der Waals surface area contributed by atoms with Crippen LogP contribution in [0.25, 0.3) is 11.1 Å². The van der Waals surface area contributed by atoms with Crippen molar-refractivity contribution in [3.8, 4) is 80.1 Å². The number of unbranched alkanes of at least 4 members (excludes halogenated alkanes) is 4. The van der Waals surface area contributed by atoms with Crippen molar-refractivity contribution >= 4 is 76.4 Å². The van der Waals surface area contributed by atoms with Gasteiger partial charge in [-0.25, -0.2) is 4.79 Å². The number of nitrogens with zero attached hydrogens (tertiary/aromatic N) is 1. The molecule has 18 atom stereocenters. The molecule has 2 saturated heterocycles. The number of carbonyl (C=O) groups excluding carboxylic acids is 9. The Morgan fingerprint density at radius 2 is 1.23 bits per heavy atom. The molecular weight excluding hydrogens is 1720 g/mol. The van der Waals surface area contributed by atoms with Crippen LogP contribution in [-0.2, 0) is 63.8 Å². The number of methoxy groups -OCH3 is 1. The van der Waals surface area contributed by atoms with Gasteiger partial charge in [0.05, 0.1) is 23.8 Å². The van der Waals surface area contributed by atoms with Gasteiger partial charge < -0.3 is 147 Å². The third-order valence-corrected chi connectivity index (χ3v) is 23.4. The Bertz CT molecular complexity index is 5340. The summed E-state index contributed by atoms with van der Waals surface area (Å²) < 4.78 is 49.9. The van der Waals surface area contributed by atoms with Gasteiger partial charge in [0.25, 0.3) is 0 Å². The normalized spacial score (nSPS) is 25.8. The van der Waals surface area contributed by atoms with E-state index in [0.29, 0.717) is 37.3 Å². The van der Waals surface area contributed by atoms with Gasteiger partial charge in [0.1, 0.15) is 131 Å². The Hall–Kier alpha value is -11.9. The maximum atomic E-state index is 16.9. The standard InChI is InChI=1S/C88H100Cl2N10O28/c1-38(2)13-10-8-7-9-11-14-61(106)94-70-73(109)75(111)78(86(120)121-6)128-87(70)127-77-58-31-43-32-59(77)124-55-24-19-42(29-50(55)89)71(107)69-85(119)98-67(80(114)92-25-12-26-100(4)5)48-33-44(102)34-57(125-88-76(112)74(110)72(108)60(37-101)126-88)62(48)47-28-40(17-22-52(47)103)65(82(116)99-69)95-83(117)66(43)96-84(118)68-49-35-46(36-54(105)63(49)90)123-56-30-41(18-23-53(56)104)64(91-3)81(115)93-51(79(113)97-68)27-39-15-20-45(122-58)21-16-39/h15-24,28-36,38,51,60,64-76,78,87-88,91,101-105,107-112H,7-14,25-27,37H2,1-6H3,(H,92,114)(H,93,115)(H,94,106)(H,95,117)(H,96,118)(H,97,113)(H,98,119)(H,99,116)/t51-,60-,64+,65-,66-,67+,68+,69+,70-,71-,72-,73-,74+,75+,76+,78+,87-,88+/m1/s1. The Kier molecular flexibility index (Phi) is 29.7. The Balaban J connectivity index is 1.05. The highest BCUT2D eigenvalue weighted by Gasteiger charge is 2.52. The van der Waals surface area contributed by atoms with Crippen LogP contribution in [0.1, 0.15) is 140 Å². The maximum Gasteiger partial charge on any atom is 0.337 e. The molecule has 2 fully saturated rings. The zero-order chi connectivity index (χ0) is 92.0. The predicted molar refractivity (Wildman–Crippen MR) is 452 cm³/mol. The fourth-order valence-electron chi connectivity index (χ4n) is 15.8. The molecule has 0 aromatic heterocycles. The average Bonchev–Trinajstić information content (AvgIpc) is 0.767. The lowest BCUT2D eigenvalue weighted by Gasteiger charge is -2.41. The summed E-state index contributed by atoms with van der Waals surface area (Å²) in [7, 11) is 5.93. The molecule has 0 unspecified atom stereocenters. The topological polar surface area (TPSA) is 562 Å². The number of phenolic OH excluding ortho intramolecular Hbond substituents is 4. The number of benzene rings is 7. The number of halogens is 2. The van der Waals surface area contributed by atoms with Gasteiger partial charge >= 0.3 is 5.97 Å². The largest absolute Gasteiger partial charge is 0.508 e. The van der Waals surface area contributed by atoms with E-state index in [4.69, 9.17) is 61.1 Å². The van der Waals surface area contributed by atoms with Crippen molar-refractivity contribution in [2.24, 2.45) is 5.92 Å². The number of hydrogen-bond acceptors (Lipinski definition) is 30. The van der Waals surface area contributed by atoms with Crippen LogP contribution in [0.2, 0.25) is 10.0 Å². The summed E-state index contributed by atoms with van der Waals surface area (Å²) in [6.07, 6.45) is -16.2. The summed E-state index contributed by atoms with van der Waals surface area (Å²) >= 11 is 14.3. The number of nitrogens with one attached hydrogen (secondary N) is 9. The van der Waals surface area contributed by atoms with Crippen LogP contribution in [0.5, 0.6) is 69.0 Å². The van der Waals surface area contributed by atoms with Gasteiger partial charge in [-0.05, 0) is 153 Å². The van der Waals surface area contributed by atoms with Crippen LogP contribution >= 0.6 is 23.2 Å². The molecule has 128 heavy (non-hydrogen) atoms. The Morgan fingerprint density at radius 3 is 1.93 bits per heavy atom. The fraction of sp³-hybridized carbons (Fsp3) is 0.420. The first-order valence-corrected chi connectivity index (χ1v) is 42.1. The van der Waals surface area contributed by atoms with Crippen LogP contribution in [0, 0.1) is 5.92 Å². The van der Waals surface area contributed by atoms with Crippen LogP contribution in [0.4, 0.5) is 0 Å². The first-order valence-electron chi connectivity index (χ1n) is 41.4. The minimum absolute atomic E-state index is 0.0897. The molecule has 0 spiro atoms. The molecule has 38 nitrogen and oxygen atoms in total. The predicted octanol–water partition coefficient (Wildman–Crippen LogP) is 3.87. The van der Waals surface area contributed by atoms with E-state index in [1.165, 1.54) is 55.6 Å². The molecule has 8 aliphatic rings. The summed E-state index contributed by atoms with van der Waals surface area (Å²) in [4.78, 5) is 141. The number of carbonyl (C=O) groups is 9. The highest BCUT2D eigenvalue weighted by atomic mass is 35.5. The lowest BCUT2D eigenvalue weighted by Crippen LogP contribution is -2.66. The second-order valence-corrected chi connectivity index (χ2v) is 33.3. The number of ether oxygens (including phenoxy) is 8. The molecule has 8 amide bonds. The first-order chi connectivity index (χ1) is 61.1. The van der Waals surface area contributed by atoms with E-state index in [2.05, 4.69) is 61.7 Å². The van der Waals surface area contributed by atoms with Crippen molar-refractivity contribution in [3.05, 3.63) is 164 Å². The fourth-order valence-corrected chi connectivity index (χ4v) is 16.3. The number of rotatable bonds is 21. The number of likely N-dealkylation sites (N-methyl/N-ethyl adjacent to an activating group) is 1. The second kappa shape index (κ2) is 40.6. The van der Waals surface area contributed by atoms with Crippen LogP contribution in [0.15, 0.2) is 115 Å². The van der Waals surface area contributed by atoms with E-state index in [1.807, 2.05) is 4.90 Å². The van der Waals surface area contributed by atoms with Gasteiger partial charge in [-0.15, -0.1) is 0 Å². The molecule has 40 heteroatoms. The van der Waals surface area contributed by atoms with Gasteiger partial charge in [0.2, 0.25) is 65.6 Å². The quantitative estimate of drug-likeness (QED) is 0.0359. The van der Waals surface area contributed by atoms with Gasteiger partial charge in [-0.3, -0.25) is 38.4 Å². The molecule has 0 saturated carbocycles. The van der Waals surface area contributed by atoms with E-state index in [9.17, 15) is 70.6 Å². The molecule has 684 valence electrons. The monoisotopic (exact) mass is 1810 g/mol. The van der Waals surface area contributed by atoms with Crippen molar-refractivity contribution < 1.29 is 137 Å². The second-order valence-electron chi connectivity index (χ2n) is 32.5. The first kappa shape index (κ1) is 93.7. The Morgan fingerprint density at radius 1 is 0.570 bits per heavy atom.